The molecule has 1 aliphatic rings. The smallest absolute Gasteiger partial charge is 0.263 e. The third kappa shape index (κ3) is 3.44. The molecule has 1 fully saturated rings. The van der Waals surface area contributed by atoms with Crippen molar-refractivity contribution in [1.29, 1.82) is 0 Å². The maximum Gasteiger partial charge on any atom is 0.263 e. The predicted molar refractivity (Wildman–Crippen MR) is 108 cm³/mol. The minimum absolute atomic E-state index is 0. The summed E-state index contributed by atoms with van der Waals surface area (Å²) in [6, 6.07) is 12.0. The van der Waals surface area contributed by atoms with E-state index in [2.05, 4.69) is 18.0 Å². The third-order valence-electron chi connectivity index (χ3n) is 4.66. The summed E-state index contributed by atoms with van der Waals surface area (Å²) in [6.45, 7) is 4.32. The molecule has 1 atom stereocenters. The van der Waals surface area contributed by atoms with Gasteiger partial charge in [0.25, 0.3) is 5.91 Å². The van der Waals surface area contributed by atoms with E-state index in [9.17, 15) is 4.79 Å². The largest absolute Gasteiger partial charge is 0.337 e. The molecular weight excluding hydrogens is 374 g/mol. The van der Waals surface area contributed by atoms with Crippen LogP contribution in [-0.4, -0.2) is 35.4 Å². The molecule has 1 unspecified atom stereocenters. The quantitative estimate of drug-likeness (QED) is 0.723. The summed E-state index contributed by atoms with van der Waals surface area (Å²) in [4.78, 5) is 21.2. The Morgan fingerprint density at radius 3 is 2.80 bits per heavy atom. The summed E-state index contributed by atoms with van der Waals surface area (Å²) in [5.41, 5.74) is 6.91. The number of amides is 1. The Morgan fingerprint density at radius 1 is 1.28 bits per heavy atom. The van der Waals surface area contributed by atoms with E-state index in [1.54, 1.807) is 11.3 Å². The molecule has 1 amide bonds. The maximum absolute atomic E-state index is 12.7. The molecule has 3 heterocycles. The molecule has 0 saturated carbocycles. The number of hydrogen-bond donors (Lipinski definition) is 1. The standard InChI is InChI=1S/C18H19N3OS2.ClH/c1-18(10-19)8-9-21(11-18)17(22)15-7-6-14(23-15)16-20-12-4-2-3-5-13(12)24-16;/h2-7H,8-11,19H2,1H3;1H. The van der Waals surface area contributed by atoms with Gasteiger partial charge >= 0.3 is 0 Å². The van der Waals surface area contributed by atoms with Crippen molar-refractivity contribution in [1.82, 2.24) is 9.88 Å². The van der Waals surface area contributed by atoms with Crippen LogP contribution in [0.25, 0.3) is 20.1 Å². The second-order valence-corrected chi connectivity index (χ2v) is 8.76. The van der Waals surface area contributed by atoms with Gasteiger partial charge in [0.05, 0.1) is 20.0 Å². The SMILES string of the molecule is CC1(CN)CCN(C(=O)c2ccc(-c3nc4ccccc4s3)s2)C1.Cl. The van der Waals surface area contributed by atoms with Crippen LogP contribution in [0, 0.1) is 5.41 Å². The monoisotopic (exact) mass is 393 g/mol. The van der Waals surface area contributed by atoms with E-state index in [0.29, 0.717) is 6.54 Å². The first kappa shape index (κ1) is 18.3. The summed E-state index contributed by atoms with van der Waals surface area (Å²) in [6.07, 6.45) is 0.978. The number of benzene rings is 1. The molecule has 0 bridgehead atoms. The zero-order chi connectivity index (χ0) is 16.7. The maximum atomic E-state index is 12.7. The fraction of sp³-hybridized carbons (Fsp3) is 0.333. The molecule has 0 radical (unpaired) electrons. The molecule has 1 aliphatic heterocycles. The number of carbonyl (C=O) groups is 1. The number of nitrogens with two attached hydrogens (primary N) is 1. The fourth-order valence-corrected chi connectivity index (χ4v) is 5.06. The highest BCUT2D eigenvalue weighted by Gasteiger charge is 2.35. The number of thiophene rings is 1. The molecule has 7 heteroatoms. The van der Waals surface area contributed by atoms with Crippen LogP contribution in [-0.2, 0) is 0 Å². The number of hydrogen-bond acceptors (Lipinski definition) is 5. The lowest BCUT2D eigenvalue weighted by atomic mass is 9.90. The van der Waals surface area contributed by atoms with Gasteiger partial charge in [-0.15, -0.1) is 35.1 Å². The molecule has 132 valence electrons. The number of halogens is 1. The zero-order valence-corrected chi connectivity index (χ0v) is 16.3. The Hall–Kier alpha value is -1.47. The van der Waals surface area contributed by atoms with E-state index in [1.807, 2.05) is 35.2 Å². The Bertz CT molecular complexity index is 874. The van der Waals surface area contributed by atoms with Gasteiger partial charge in [-0.05, 0) is 42.6 Å². The van der Waals surface area contributed by atoms with Gasteiger partial charge in [0.2, 0.25) is 0 Å². The van der Waals surface area contributed by atoms with E-state index in [0.717, 1.165) is 39.8 Å². The lowest BCUT2D eigenvalue weighted by Crippen LogP contribution is -2.34. The van der Waals surface area contributed by atoms with Gasteiger partial charge in [-0.25, -0.2) is 4.98 Å². The summed E-state index contributed by atoms with van der Waals surface area (Å²) in [5.74, 6) is 0.115. The van der Waals surface area contributed by atoms with Crippen LogP contribution in [0.1, 0.15) is 23.0 Å². The highest BCUT2D eigenvalue weighted by Crippen LogP contribution is 2.36. The number of para-hydroxylation sites is 1. The van der Waals surface area contributed by atoms with Gasteiger partial charge < -0.3 is 10.6 Å². The van der Waals surface area contributed by atoms with Crippen LogP contribution in [0.3, 0.4) is 0 Å². The first-order valence-corrected chi connectivity index (χ1v) is 9.66. The molecule has 1 saturated heterocycles. The molecule has 2 aromatic heterocycles. The highest BCUT2D eigenvalue weighted by atomic mass is 35.5. The highest BCUT2D eigenvalue weighted by molar-refractivity contribution is 7.26. The number of fused-ring (bicyclic) bond motifs is 1. The molecular formula is C18H20ClN3OS2. The predicted octanol–water partition coefficient (Wildman–Crippen LogP) is 4.26. The summed E-state index contributed by atoms with van der Waals surface area (Å²) < 4.78 is 1.17. The molecule has 4 rings (SSSR count). The van der Waals surface area contributed by atoms with Crippen LogP contribution in [0.15, 0.2) is 36.4 Å². The molecule has 0 aliphatic carbocycles. The second-order valence-electron chi connectivity index (χ2n) is 6.64. The molecule has 4 nitrogen and oxygen atoms in total. The van der Waals surface area contributed by atoms with Crippen molar-refractivity contribution in [3.05, 3.63) is 41.3 Å². The van der Waals surface area contributed by atoms with Crippen LogP contribution in [0.2, 0.25) is 0 Å². The normalized spacial score (nSPS) is 20.0. The number of rotatable bonds is 3. The van der Waals surface area contributed by atoms with Gasteiger partial charge in [-0.1, -0.05) is 19.1 Å². The Labute approximate surface area is 161 Å². The van der Waals surface area contributed by atoms with Crippen LogP contribution < -0.4 is 5.73 Å². The molecule has 0 spiro atoms. The van der Waals surface area contributed by atoms with E-state index in [-0.39, 0.29) is 23.7 Å². The molecule has 25 heavy (non-hydrogen) atoms. The van der Waals surface area contributed by atoms with E-state index in [4.69, 9.17) is 5.73 Å². The van der Waals surface area contributed by atoms with Crippen molar-refractivity contribution in [3.8, 4) is 9.88 Å². The lowest BCUT2D eigenvalue weighted by Gasteiger charge is -2.22. The first-order chi connectivity index (χ1) is 11.6. The van der Waals surface area contributed by atoms with Crippen LogP contribution in [0.4, 0.5) is 0 Å². The average molecular weight is 394 g/mol. The molecule has 1 aromatic carbocycles. The number of carbonyl (C=O) groups excluding carboxylic acids is 1. The van der Waals surface area contributed by atoms with Gasteiger partial charge in [-0.2, -0.15) is 0 Å². The van der Waals surface area contributed by atoms with E-state index < -0.39 is 0 Å². The van der Waals surface area contributed by atoms with Gasteiger partial charge in [0, 0.05) is 13.1 Å². The summed E-state index contributed by atoms with van der Waals surface area (Å²) in [5, 5.41) is 0.980. The number of aromatic nitrogens is 1. The first-order valence-electron chi connectivity index (χ1n) is 8.03. The topological polar surface area (TPSA) is 59.2 Å². The van der Waals surface area contributed by atoms with Crippen LogP contribution >= 0.6 is 35.1 Å². The average Bonchev–Trinajstić information content (AvgIpc) is 3.31. The van der Waals surface area contributed by atoms with Crippen molar-refractivity contribution in [2.45, 2.75) is 13.3 Å². The Balaban J connectivity index is 0.00000182. The zero-order valence-electron chi connectivity index (χ0n) is 13.9. The molecule has 3 aromatic rings. The number of nitrogens with zero attached hydrogens (tertiary/aromatic N) is 2. The van der Waals surface area contributed by atoms with Crippen molar-refractivity contribution in [3.63, 3.8) is 0 Å². The van der Waals surface area contributed by atoms with Crippen molar-refractivity contribution >= 4 is 51.2 Å². The van der Waals surface area contributed by atoms with E-state index >= 15 is 0 Å². The number of likely N-dealkylation sites (tertiary alicyclic amines) is 1. The minimum Gasteiger partial charge on any atom is -0.337 e. The summed E-state index contributed by atoms with van der Waals surface area (Å²) >= 11 is 3.20. The Kier molecular flexibility index (Phi) is 5.16. The van der Waals surface area contributed by atoms with E-state index in [1.165, 1.54) is 16.0 Å². The fourth-order valence-electron chi connectivity index (χ4n) is 3.06. The third-order valence-corrected chi connectivity index (χ3v) is 6.94. The van der Waals surface area contributed by atoms with Crippen molar-refractivity contribution in [2.75, 3.05) is 19.6 Å². The lowest BCUT2D eigenvalue weighted by molar-refractivity contribution is 0.0781. The van der Waals surface area contributed by atoms with Crippen molar-refractivity contribution in [2.24, 2.45) is 11.1 Å². The molecule has 2 N–H and O–H groups in total. The van der Waals surface area contributed by atoms with Crippen molar-refractivity contribution < 1.29 is 4.79 Å². The minimum atomic E-state index is 0. The van der Waals surface area contributed by atoms with Gasteiger partial charge in [0.1, 0.15) is 5.01 Å². The number of thiazole rings is 1. The second kappa shape index (κ2) is 7.03. The van der Waals surface area contributed by atoms with Gasteiger partial charge in [0.15, 0.2) is 0 Å². The van der Waals surface area contributed by atoms with Gasteiger partial charge in [-0.3, -0.25) is 4.79 Å². The summed E-state index contributed by atoms with van der Waals surface area (Å²) in [7, 11) is 0. The Morgan fingerprint density at radius 2 is 2.08 bits per heavy atom. The van der Waals surface area contributed by atoms with Crippen LogP contribution in [0.5, 0.6) is 0 Å².